The number of hydrogen-bond donors (Lipinski definition) is 0. The fraction of sp³-hybridized carbons (Fsp3) is 0.333. The molecule has 0 N–H and O–H groups in total. The van der Waals surface area contributed by atoms with Crippen LogP contribution in [0.5, 0.6) is 0 Å². The molecule has 1 saturated carbocycles. The minimum absolute atomic E-state index is 0.364. The fourth-order valence-electron chi connectivity index (χ4n) is 3.71. The van der Waals surface area contributed by atoms with Crippen LogP contribution < -0.4 is 10.6 Å². The lowest BCUT2D eigenvalue weighted by molar-refractivity contribution is 0.272. The van der Waals surface area contributed by atoms with Gasteiger partial charge in [0.2, 0.25) is 7.29 Å². The van der Waals surface area contributed by atoms with Gasteiger partial charge in [0.25, 0.3) is 0 Å². The molecule has 1 aliphatic carbocycles. The van der Waals surface area contributed by atoms with E-state index >= 15 is 0 Å². The van der Waals surface area contributed by atoms with Gasteiger partial charge < -0.3 is 0 Å². The van der Waals surface area contributed by atoms with Crippen molar-refractivity contribution in [2.24, 2.45) is 0 Å². The topological polar surface area (TPSA) is 20.3 Å². The zero-order valence-electron chi connectivity index (χ0n) is 14.2. The van der Waals surface area contributed by atoms with Crippen LogP contribution in [-0.2, 0) is 4.57 Å². The normalized spacial score (nSPS) is 16.2. The second-order valence-corrected chi connectivity index (χ2v) is 9.15. The smallest absolute Gasteiger partial charge is 0.207 e. The van der Waals surface area contributed by atoms with Gasteiger partial charge in [-0.05, 0) is 37.1 Å². The molecule has 0 aromatic heterocycles. The molecule has 0 bridgehead atoms. The third-order valence-corrected chi connectivity index (χ3v) is 8.10. The highest BCUT2D eigenvalue weighted by molar-refractivity contribution is 7.76. The Balaban J connectivity index is 2.11. The van der Waals surface area contributed by atoms with Crippen molar-refractivity contribution in [3.05, 3.63) is 73.3 Å². The molecule has 0 spiro atoms. The van der Waals surface area contributed by atoms with E-state index in [0.717, 1.165) is 23.5 Å². The molecule has 0 unspecified atom stereocenters. The second kappa shape index (κ2) is 7.96. The molecule has 24 heavy (non-hydrogen) atoms. The Morgan fingerprint density at radius 3 is 1.88 bits per heavy atom. The summed E-state index contributed by atoms with van der Waals surface area (Å²) < 4.78 is 16.7. The summed E-state index contributed by atoms with van der Waals surface area (Å²) in [6.45, 7) is 4.59. The predicted molar refractivity (Wildman–Crippen MR) is 104 cm³/mol. The van der Waals surface area contributed by atoms with Gasteiger partial charge in [-0.15, -0.1) is 6.58 Å². The van der Waals surface area contributed by atoms with Crippen molar-refractivity contribution in [2.75, 3.05) is 6.54 Å². The van der Waals surface area contributed by atoms with E-state index in [9.17, 15) is 4.57 Å². The zero-order chi connectivity index (χ0) is 16.8. The van der Waals surface area contributed by atoms with Gasteiger partial charge in [0.1, 0.15) is 0 Å². The summed E-state index contributed by atoms with van der Waals surface area (Å²) in [5.41, 5.74) is 0. The number of nitrogens with zero attached hydrogens (tertiary/aromatic N) is 1. The Morgan fingerprint density at radius 1 is 0.917 bits per heavy atom. The summed E-state index contributed by atoms with van der Waals surface area (Å²) in [4.78, 5) is 0. The summed E-state index contributed by atoms with van der Waals surface area (Å²) in [7, 11) is -2.86. The largest absolute Gasteiger partial charge is 0.296 e. The van der Waals surface area contributed by atoms with Crippen LogP contribution in [0.4, 0.5) is 0 Å². The zero-order valence-corrected chi connectivity index (χ0v) is 15.1. The second-order valence-electron chi connectivity index (χ2n) is 6.45. The first kappa shape index (κ1) is 17.2. The maximum Gasteiger partial charge on any atom is 0.207 e. The summed E-state index contributed by atoms with van der Waals surface area (Å²) in [5, 5.41) is 1.84. The highest BCUT2D eigenvalue weighted by Gasteiger charge is 2.38. The molecule has 3 rings (SSSR count). The molecule has 0 atom stereocenters. The lowest BCUT2D eigenvalue weighted by atomic mass is 9.95. The lowest BCUT2D eigenvalue weighted by Crippen LogP contribution is -2.40. The van der Waals surface area contributed by atoms with Crippen molar-refractivity contribution in [1.82, 2.24) is 4.67 Å². The summed E-state index contributed by atoms with van der Waals surface area (Å²) in [6.07, 6.45) is 7.88. The van der Waals surface area contributed by atoms with Crippen molar-refractivity contribution < 1.29 is 4.57 Å². The van der Waals surface area contributed by atoms with E-state index < -0.39 is 7.29 Å². The molecular weight excluding hydrogens is 313 g/mol. The molecule has 126 valence electrons. The molecule has 0 aliphatic heterocycles. The molecule has 2 aromatic carbocycles. The molecule has 1 fully saturated rings. The van der Waals surface area contributed by atoms with E-state index in [1.54, 1.807) is 0 Å². The number of benzene rings is 2. The van der Waals surface area contributed by atoms with Crippen LogP contribution in [0, 0.1) is 0 Å². The number of hydrogen-bond acceptors (Lipinski definition) is 1. The van der Waals surface area contributed by atoms with Crippen molar-refractivity contribution in [1.29, 1.82) is 0 Å². The maximum absolute atomic E-state index is 14.5. The van der Waals surface area contributed by atoms with Crippen molar-refractivity contribution >= 4 is 17.9 Å². The van der Waals surface area contributed by atoms with Gasteiger partial charge in [0, 0.05) is 23.2 Å². The van der Waals surface area contributed by atoms with E-state index in [1.807, 2.05) is 66.7 Å². The Bertz CT molecular complexity index is 649. The highest BCUT2D eigenvalue weighted by Crippen LogP contribution is 2.50. The van der Waals surface area contributed by atoms with Gasteiger partial charge in [0.15, 0.2) is 0 Å². The van der Waals surface area contributed by atoms with Crippen LogP contribution in [0.3, 0.4) is 0 Å². The van der Waals surface area contributed by atoms with Gasteiger partial charge in [0.05, 0.1) is 0 Å². The van der Waals surface area contributed by atoms with Crippen molar-refractivity contribution in [3.63, 3.8) is 0 Å². The summed E-state index contributed by atoms with van der Waals surface area (Å²) >= 11 is 0. The predicted octanol–water partition coefficient (Wildman–Crippen LogP) is 4.74. The number of rotatable bonds is 6. The standard InChI is InChI=1S/C21H26NOP/c1-2-18-22(19-12-6-3-7-13-19)24(23,20-14-8-4-9-15-20)21-16-10-5-11-17-21/h2,4-5,8-11,14-17,19H,1,3,6-7,12-13,18H2. The van der Waals surface area contributed by atoms with Crippen LogP contribution in [0.1, 0.15) is 32.1 Å². The Labute approximate surface area is 145 Å². The molecule has 2 aromatic rings. The van der Waals surface area contributed by atoms with Crippen molar-refractivity contribution in [2.45, 2.75) is 38.1 Å². The molecule has 3 heteroatoms. The fourth-order valence-corrected chi connectivity index (χ4v) is 6.79. The monoisotopic (exact) mass is 339 g/mol. The van der Waals surface area contributed by atoms with Crippen LogP contribution in [0.25, 0.3) is 0 Å². The quantitative estimate of drug-likeness (QED) is 0.560. The third kappa shape index (κ3) is 3.41. The van der Waals surface area contributed by atoms with Gasteiger partial charge in [-0.25, -0.2) is 4.67 Å². The Kier molecular flexibility index (Phi) is 5.71. The lowest BCUT2D eigenvalue weighted by Gasteiger charge is -2.39. The van der Waals surface area contributed by atoms with Crippen LogP contribution in [-0.4, -0.2) is 17.3 Å². The van der Waals surface area contributed by atoms with Gasteiger partial charge in [-0.3, -0.25) is 4.57 Å². The summed E-state index contributed by atoms with van der Waals surface area (Å²) in [5.74, 6) is 0. The van der Waals surface area contributed by atoms with Gasteiger partial charge in [-0.2, -0.15) is 0 Å². The molecule has 1 aliphatic rings. The van der Waals surface area contributed by atoms with E-state index in [0.29, 0.717) is 12.6 Å². The van der Waals surface area contributed by atoms with E-state index in [1.165, 1.54) is 19.3 Å². The highest BCUT2D eigenvalue weighted by atomic mass is 31.2. The van der Waals surface area contributed by atoms with E-state index in [-0.39, 0.29) is 0 Å². The van der Waals surface area contributed by atoms with Crippen LogP contribution >= 0.6 is 7.29 Å². The molecule has 0 heterocycles. The van der Waals surface area contributed by atoms with Crippen LogP contribution in [0.15, 0.2) is 73.3 Å². The first-order chi connectivity index (χ1) is 11.8. The molecule has 0 amide bonds. The first-order valence-electron chi connectivity index (χ1n) is 8.86. The molecule has 0 radical (unpaired) electrons. The first-order valence-corrected chi connectivity index (χ1v) is 10.5. The Hall–Kier alpha value is -1.63. The SMILES string of the molecule is C=CCN(C1CCCCC1)P(=O)(c1ccccc1)c1ccccc1. The minimum atomic E-state index is -2.86. The third-order valence-electron chi connectivity index (χ3n) is 4.89. The van der Waals surface area contributed by atoms with E-state index in [4.69, 9.17) is 0 Å². The molecule has 0 saturated heterocycles. The van der Waals surface area contributed by atoms with Gasteiger partial charge in [-0.1, -0.05) is 61.7 Å². The van der Waals surface area contributed by atoms with Crippen molar-refractivity contribution in [3.8, 4) is 0 Å². The summed E-state index contributed by atoms with van der Waals surface area (Å²) in [6, 6.07) is 20.3. The minimum Gasteiger partial charge on any atom is -0.296 e. The molecular formula is C21H26NOP. The molecule has 2 nitrogen and oxygen atoms in total. The average molecular weight is 339 g/mol. The van der Waals surface area contributed by atoms with E-state index in [2.05, 4.69) is 11.2 Å². The van der Waals surface area contributed by atoms with Gasteiger partial charge >= 0.3 is 0 Å². The maximum atomic E-state index is 14.5. The average Bonchev–Trinajstić information content (AvgIpc) is 2.67. The van der Waals surface area contributed by atoms with Crippen LogP contribution in [0.2, 0.25) is 0 Å². The Morgan fingerprint density at radius 2 is 1.42 bits per heavy atom.